The Balaban J connectivity index is 1.76. The molecule has 1 saturated carbocycles. The number of hydrogen-bond acceptors (Lipinski definition) is 2. The quantitative estimate of drug-likeness (QED) is 0.876. The van der Waals surface area contributed by atoms with Crippen LogP contribution in [0.5, 0.6) is 0 Å². The highest BCUT2D eigenvalue weighted by atomic mass is 16.4. The maximum Gasteiger partial charge on any atom is 0.310 e. The van der Waals surface area contributed by atoms with Gasteiger partial charge in [0.1, 0.15) is 0 Å². The lowest BCUT2D eigenvalue weighted by molar-refractivity contribution is -0.138. The van der Waals surface area contributed by atoms with Crippen molar-refractivity contribution in [3.8, 4) is 0 Å². The van der Waals surface area contributed by atoms with Crippen molar-refractivity contribution in [1.82, 2.24) is 0 Å². The number of hydrogen-bond donors (Lipinski definition) is 2. The molecule has 124 valence electrons. The van der Waals surface area contributed by atoms with Gasteiger partial charge >= 0.3 is 5.97 Å². The van der Waals surface area contributed by atoms with Crippen LogP contribution in [0.1, 0.15) is 43.2 Å². The van der Waals surface area contributed by atoms with E-state index in [2.05, 4.69) is 5.32 Å². The highest BCUT2D eigenvalue weighted by molar-refractivity contribution is 6.00. The summed E-state index contributed by atoms with van der Waals surface area (Å²) in [4.78, 5) is 23.9. The van der Waals surface area contributed by atoms with Crippen LogP contribution in [0.2, 0.25) is 0 Å². The molecule has 0 spiro atoms. The van der Waals surface area contributed by atoms with Gasteiger partial charge in [-0.3, -0.25) is 9.59 Å². The molecule has 1 unspecified atom stereocenters. The van der Waals surface area contributed by atoms with Crippen molar-refractivity contribution in [2.24, 2.45) is 0 Å². The molecule has 0 aromatic heterocycles. The largest absolute Gasteiger partial charge is 0.481 e. The van der Waals surface area contributed by atoms with Crippen molar-refractivity contribution < 1.29 is 14.7 Å². The molecule has 24 heavy (non-hydrogen) atoms. The van der Waals surface area contributed by atoms with Gasteiger partial charge in [-0.2, -0.15) is 0 Å². The van der Waals surface area contributed by atoms with Gasteiger partial charge in [-0.15, -0.1) is 0 Å². The molecule has 0 radical (unpaired) electrons. The minimum absolute atomic E-state index is 0.0129. The van der Waals surface area contributed by atoms with Gasteiger partial charge in [-0.05, 0) is 43.0 Å². The van der Waals surface area contributed by atoms with Crippen LogP contribution in [0.25, 0.3) is 0 Å². The van der Waals surface area contributed by atoms with Crippen LogP contribution >= 0.6 is 0 Å². The fourth-order valence-corrected chi connectivity index (χ4v) is 3.18. The van der Waals surface area contributed by atoms with Crippen LogP contribution in [0, 0.1) is 0 Å². The van der Waals surface area contributed by atoms with Crippen molar-refractivity contribution in [3.05, 3.63) is 65.7 Å². The van der Waals surface area contributed by atoms with Gasteiger partial charge in [0.25, 0.3) is 0 Å². The Kier molecular flexibility index (Phi) is 4.38. The lowest BCUT2D eigenvalue weighted by Gasteiger charge is -2.40. The molecule has 0 heterocycles. The minimum atomic E-state index is -0.857. The summed E-state index contributed by atoms with van der Waals surface area (Å²) in [6.07, 6.45) is 2.77. The maximum absolute atomic E-state index is 12.8. The summed E-state index contributed by atoms with van der Waals surface area (Å²) in [5.74, 6) is -1.40. The predicted octanol–water partition coefficient (Wildman–Crippen LogP) is 3.94. The van der Waals surface area contributed by atoms with Crippen molar-refractivity contribution in [2.45, 2.75) is 37.5 Å². The van der Waals surface area contributed by atoms with Gasteiger partial charge in [-0.1, -0.05) is 48.9 Å². The molecule has 2 N–H and O–H groups in total. The number of carbonyl (C=O) groups excluding carboxylic acids is 1. The van der Waals surface area contributed by atoms with Gasteiger partial charge < -0.3 is 10.4 Å². The summed E-state index contributed by atoms with van der Waals surface area (Å²) in [5.41, 5.74) is 2.05. The normalized spacial score (nSPS) is 16.7. The first-order valence-corrected chi connectivity index (χ1v) is 8.23. The Morgan fingerprint density at radius 2 is 1.67 bits per heavy atom. The monoisotopic (exact) mass is 323 g/mol. The molecular formula is C20H21NO3. The van der Waals surface area contributed by atoms with E-state index in [9.17, 15) is 9.59 Å². The van der Waals surface area contributed by atoms with Crippen molar-refractivity contribution in [3.63, 3.8) is 0 Å². The fraction of sp³-hybridized carbons (Fsp3) is 0.300. The number of carbonyl (C=O) groups is 2. The minimum Gasteiger partial charge on any atom is -0.481 e. The Hall–Kier alpha value is -2.62. The molecule has 1 amide bonds. The van der Waals surface area contributed by atoms with Gasteiger partial charge in [0.15, 0.2) is 0 Å². The van der Waals surface area contributed by atoms with E-state index in [4.69, 9.17) is 5.11 Å². The van der Waals surface area contributed by atoms with Crippen molar-refractivity contribution in [2.75, 3.05) is 5.32 Å². The lowest BCUT2D eigenvalue weighted by atomic mass is 9.64. The average Bonchev–Trinajstić information content (AvgIpc) is 2.55. The number of rotatable bonds is 5. The van der Waals surface area contributed by atoms with Crippen LogP contribution in [0.4, 0.5) is 5.69 Å². The van der Waals surface area contributed by atoms with Gasteiger partial charge in [0.05, 0.1) is 11.3 Å². The van der Waals surface area contributed by atoms with Crippen LogP contribution in [-0.4, -0.2) is 17.0 Å². The molecule has 1 fully saturated rings. The maximum atomic E-state index is 12.8. The first-order chi connectivity index (χ1) is 11.5. The smallest absolute Gasteiger partial charge is 0.310 e. The second-order valence-electron chi connectivity index (χ2n) is 6.44. The number of aliphatic carboxylic acids is 1. The summed E-state index contributed by atoms with van der Waals surface area (Å²) in [6.45, 7) is 1.65. The molecule has 3 rings (SSSR count). The summed E-state index contributed by atoms with van der Waals surface area (Å²) >= 11 is 0. The van der Waals surface area contributed by atoms with E-state index in [1.54, 1.807) is 31.2 Å². The van der Waals surface area contributed by atoms with E-state index < -0.39 is 17.3 Å². The SMILES string of the molecule is CC(C(=O)O)c1ccc(NC(=O)C2(c3ccccc3)CCC2)cc1. The number of amides is 1. The van der Waals surface area contributed by atoms with E-state index in [1.165, 1.54) is 0 Å². The van der Waals surface area contributed by atoms with Crippen LogP contribution < -0.4 is 5.32 Å². The molecule has 1 atom stereocenters. The average molecular weight is 323 g/mol. The number of carboxylic acids is 1. The summed E-state index contributed by atoms with van der Waals surface area (Å²) in [5, 5.41) is 12.0. The zero-order valence-electron chi connectivity index (χ0n) is 13.7. The first-order valence-electron chi connectivity index (χ1n) is 8.23. The van der Waals surface area contributed by atoms with Crippen LogP contribution in [0.3, 0.4) is 0 Å². The molecule has 1 aliphatic rings. The third kappa shape index (κ3) is 2.92. The number of nitrogens with one attached hydrogen (secondary N) is 1. The molecule has 4 nitrogen and oxygen atoms in total. The fourth-order valence-electron chi connectivity index (χ4n) is 3.18. The van der Waals surface area contributed by atoms with E-state index in [1.807, 2.05) is 30.3 Å². The highest BCUT2D eigenvalue weighted by Crippen LogP contribution is 2.44. The summed E-state index contributed by atoms with van der Waals surface area (Å²) < 4.78 is 0. The summed E-state index contributed by atoms with van der Waals surface area (Å²) in [7, 11) is 0. The van der Waals surface area contributed by atoms with Crippen LogP contribution in [0.15, 0.2) is 54.6 Å². The zero-order chi connectivity index (χ0) is 17.2. The van der Waals surface area contributed by atoms with E-state index in [-0.39, 0.29) is 5.91 Å². The third-order valence-corrected chi connectivity index (χ3v) is 5.01. The molecule has 2 aromatic rings. The molecular weight excluding hydrogens is 302 g/mol. The number of benzene rings is 2. The second kappa shape index (κ2) is 6.48. The molecule has 0 saturated heterocycles. The Labute approximate surface area is 141 Å². The van der Waals surface area contributed by atoms with Gasteiger partial charge in [0, 0.05) is 5.69 Å². The van der Waals surface area contributed by atoms with E-state index >= 15 is 0 Å². The Morgan fingerprint density at radius 1 is 1.04 bits per heavy atom. The first kappa shape index (κ1) is 16.2. The number of carboxylic acid groups (broad SMARTS) is 1. The topological polar surface area (TPSA) is 66.4 Å². The van der Waals surface area contributed by atoms with E-state index in [0.29, 0.717) is 5.69 Å². The zero-order valence-corrected chi connectivity index (χ0v) is 13.7. The van der Waals surface area contributed by atoms with Gasteiger partial charge in [0.2, 0.25) is 5.91 Å². The van der Waals surface area contributed by atoms with Crippen molar-refractivity contribution >= 4 is 17.6 Å². The molecule has 0 bridgehead atoms. The van der Waals surface area contributed by atoms with Crippen LogP contribution in [-0.2, 0) is 15.0 Å². The molecule has 1 aliphatic carbocycles. The molecule has 0 aliphatic heterocycles. The standard InChI is InChI=1S/C20H21NO3/c1-14(18(22)23)15-8-10-17(11-9-15)21-19(24)20(12-5-13-20)16-6-3-2-4-7-16/h2-4,6-11,14H,5,12-13H2,1H3,(H,21,24)(H,22,23). The third-order valence-electron chi connectivity index (χ3n) is 5.01. The Morgan fingerprint density at radius 3 is 2.17 bits per heavy atom. The second-order valence-corrected chi connectivity index (χ2v) is 6.44. The number of anilines is 1. The lowest BCUT2D eigenvalue weighted by Crippen LogP contribution is -2.45. The summed E-state index contributed by atoms with van der Waals surface area (Å²) in [6, 6.07) is 16.9. The highest BCUT2D eigenvalue weighted by Gasteiger charge is 2.45. The van der Waals surface area contributed by atoms with Gasteiger partial charge in [-0.25, -0.2) is 0 Å². The van der Waals surface area contributed by atoms with Crippen molar-refractivity contribution in [1.29, 1.82) is 0 Å². The molecule has 2 aromatic carbocycles. The predicted molar refractivity (Wildman–Crippen MR) is 93.1 cm³/mol. The molecule has 4 heteroatoms. The Bertz CT molecular complexity index is 733. The van der Waals surface area contributed by atoms with E-state index in [0.717, 1.165) is 30.4 Å².